The molecule has 6 rings (SSSR count). The lowest BCUT2D eigenvalue weighted by atomic mass is 9.60. The third-order valence-electron chi connectivity index (χ3n) is 9.17. The molecule has 3 aliphatic heterocycles. The summed E-state index contributed by atoms with van der Waals surface area (Å²) in [6.07, 6.45) is 8.67. The van der Waals surface area contributed by atoms with Gasteiger partial charge >= 0.3 is 7.82 Å². The zero-order valence-corrected chi connectivity index (χ0v) is 22.3. The summed E-state index contributed by atoms with van der Waals surface area (Å²) in [4.78, 5) is 0. The minimum absolute atomic E-state index is 0.0138. The van der Waals surface area contributed by atoms with Crippen LogP contribution in [0.4, 0.5) is 0 Å². The molecule has 2 bridgehead atoms. The van der Waals surface area contributed by atoms with Gasteiger partial charge in [0.25, 0.3) is 0 Å². The third-order valence-corrected chi connectivity index (χ3v) is 10.7. The highest BCUT2D eigenvalue weighted by Gasteiger charge is 2.84. The first-order valence-electron chi connectivity index (χ1n) is 13.2. The second-order valence-corrected chi connectivity index (χ2v) is 13.9. The first kappa shape index (κ1) is 25.8. The van der Waals surface area contributed by atoms with Crippen molar-refractivity contribution in [2.45, 2.75) is 109 Å². The Balaban J connectivity index is 1.45. The molecule has 3 aliphatic carbocycles. The number of hydrogen-bond acceptors (Lipinski definition) is 7. The molecule has 7 atom stereocenters. The largest absolute Gasteiger partial charge is 0.480 e. The smallest absolute Gasteiger partial charge is 0.393 e. The van der Waals surface area contributed by atoms with Gasteiger partial charge in [0.05, 0.1) is 17.8 Å². The van der Waals surface area contributed by atoms with E-state index in [0.29, 0.717) is 18.4 Å². The fourth-order valence-corrected chi connectivity index (χ4v) is 9.56. The van der Waals surface area contributed by atoms with Crippen LogP contribution in [0.5, 0.6) is 0 Å². The highest BCUT2D eigenvalue weighted by Crippen LogP contribution is 2.84. The van der Waals surface area contributed by atoms with E-state index in [1.165, 1.54) is 5.57 Å². The molecule has 3 saturated heterocycles. The maximum absolute atomic E-state index is 12.8. The van der Waals surface area contributed by atoms with E-state index < -0.39 is 37.5 Å². The maximum atomic E-state index is 12.8. The van der Waals surface area contributed by atoms with Crippen molar-refractivity contribution < 1.29 is 33.5 Å². The molecule has 3 saturated carbocycles. The molecule has 0 amide bonds. The summed E-state index contributed by atoms with van der Waals surface area (Å²) >= 11 is 0. The fourth-order valence-electron chi connectivity index (χ4n) is 7.78. The van der Waals surface area contributed by atoms with E-state index in [1.807, 2.05) is 19.9 Å². The number of fused-ring (bicyclic) bond motifs is 1. The number of phosphoric ester groups is 1. The van der Waals surface area contributed by atoms with E-state index in [0.717, 1.165) is 44.1 Å². The minimum Gasteiger partial charge on any atom is -0.393 e. The number of hydrogen-bond donors (Lipinski definition) is 3. The molecule has 0 aromatic heterocycles. The lowest BCUT2D eigenvalue weighted by Crippen LogP contribution is -2.51. The predicted molar refractivity (Wildman–Crippen MR) is 132 cm³/mol. The Morgan fingerprint density at radius 2 is 2.00 bits per heavy atom. The van der Waals surface area contributed by atoms with Crippen molar-refractivity contribution in [3.8, 4) is 0 Å². The van der Waals surface area contributed by atoms with Crippen molar-refractivity contribution in [2.75, 3.05) is 0 Å². The van der Waals surface area contributed by atoms with Gasteiger partial charge in [0.1, 0.15) is 6.10 Å². The number of allylic oxidation sites excluding steroid dienone is 2. The first-order valence-corrected chi connectivity index (χ1v) is 14.6. The number of aliphatic hydroxyl groups excluding tert-OH is 2. The Hall–Kier alpha value is -0.790. The van der Waals surface area contributed by atoms with E-state index >= 15 is 0 Å². The Labute approximate surface area is 208 Å². The van der Waals surface area contributed by atoms with Crippen LogP contribution in [0.25, 0.3) is 0 Å². The van der Waals surface area contributed by atoms with Crippen LogP contribution < -0.4 is 0 Å². The summed E-state index contributed by atoms with van der Waals surface area (Å²) in [6, 6.07) is 0. The standard InChI is InChI=1S/C27H41O7P/c1-16(8-6-12-25(3,4)30)23-26(5)13-7-9-18(10-11-19-14-20(28)15-21(29)17(19)2)22(26)24-27(23)33-35(31,32-24)34-27/h10-11,16,20-24,28-30H,2,6-9,12-15H2,1,3-5H3/b18-10+,19-11+/t16-,20-,21+,22-,23-,24?,26-,27?,35?/m1/s1. The number of aliphatic hydroxyl groups is 3. The van der Waals surface area contributed by atoms with Crippen molar-refractivity contribution in [3.05, 3.63) is 35.5 Å². The summed E-state index contributed by atoms with van der Waals surface area (Å²) in [5.74, 6) is -0.687. The van der Waals surface area contributed by atoms with E-state index in [1.54, 1.807) is 0 Å². The topological polar surface area (TPSA) is 105 Å². The molecule has 1 spiro atoms. The summed E-state index contributed by atoms with van der Waals surface area (Å²) in [7, 11) is -3.47. The van der Waals surface area contributed by atoms with Crippen LogP contribution in [-0.2, 0) is 18.1 Å². The minimum atomic E-state index is -3.47. The summed E-state index contributed by atoms with van der Waals surface area (Å²) < 4.78 is 30.8. The average Bonchev–Trinajstić information content (AvgIpc) is 3.23. The molecule has 6 fully saturated rings. The molecule has 3 heterocycles. The number of phosphoric acid groups is 1. The van der Waals surface area contributed by atoms with Gasteiger partial charge in [-0.1, -0.05) is 51.0 Å². The van der Waals surface area contributed by atoms with Crippen LogP contribution >= 0.6 is 7.82 Å². The second kappa shape index (κ2) is 8.62. The molecule has 0 radical (unpaired) electrons. The molecular weight excluding hydrogens is 467 g/mol. The Morgan fingerprint density at radius 3 is 2.69 bits per heavy atom. The Bertz CT molecular complexity index is 984. The Kier molecular flexibility index (Phi) is 6.37. The zero-order chi connectivity index (χ0) is 25.4. The monoisotopic (exact) mass is 508 g/mol. The van der Waals surface area contributed by atoms with E-state index in [4.69, 9.17) is 13.6 Å². The van der Waals surface area contributed by atoms with E-state index in [-0.39, 0.29) is 23.2 Å². The van der Waals surface area contributed by atoms with Gasteiger partial charge in [-0.15, -0.1) is 0 Å². The van der Waals surface area contributed by atoms with Gasteiger partial charge in [-0.3, -0.25) is 4.52 Å². The van der Waals surface area contributed by atoms with Gasteiger partial charge < -0.3 is 15.3 Å². The Morgan fingerprint density at radius 1 is 1.29 bits per heavy atom. The lowest BCUT2D eigenvalue weighted by Gasteiger charge is -2.49. The van der Waals surface area contributed by atoms with Crippen LogP contribution in [0.3, 0.4) is 0 Å². The summed E-state index contributed by atoms with van der Waals surface area (Å²) in [5, 5.41) is 30.5. The summed E-state index contributed by atoms with van der Waals surface area (Å²) in [6.45, 7) is 12.2. The van der Waals surface area contributed by atoms with Gasteiger partial charge in [-0.05, 0) is 68.4 Å². The van der Waals surface area contributed by atoms with E-state index in [2.05, 4.69) is 26.5 Å². The van der Waals surface area contributed by atoms with Crippen LogP contribution in [-0.4, -0.2) is 45.0 Å². The van der Waals surface area contributed by atoms with Gasteiger partial charge in [0.15, 0.2) is 0 Å². The SMILES string of the molecule is C=C1/C(=C/C=C2\CCC[C@]3(C)[C@H]2C2OP4(=O)OC2(O4)[C@@H]3[C@H](C)CCCC(C)(C)O)C[C@@H](O)C[C@@H]1O. The van der Waals surface area contributed by atoms with Gasteiger partial charge in [-0.2, -0.15) is 0 Å². The molecule has 0 aromatic rings. The quantitative estimate of drug-likeness (QED) is 0.425. The fraction of sp³-hybridized carbons (Fsp3) is 0.778. The zero-order valence-electron chi connectivity index (χ0n) is 21.4. The molecule has 7 nitrogen and oxygen atoms in total. The highest BCUT2D eigenvalue weighted by molar-refractivity contribution is 7.50. The lowest BCUT2D eigenvalue weighted by molar-refractivity contribution is -0.224. The first-order chi connectivity index (χ1) is 16.3. The average molecular weight is 509 g/mol. The van der Waals surface area contributed by atoms with Gasteiger partial charge in [0.2, 0.25) is 5.79 Å². The van der Waals surface area contributed by atoms with Gasteiger partial charge in [-0.25, -0.2) is 13.6 Å². The highest BCUT2D eigenvalue weighted by atomic mass is 31.2. The third kappa shape index (κ3) is 4.25. The van der Waals surface area contributed by atoms with Crippen LogP contribution in [0.2, 0.25) is 0 Å². The molecule has 6 aliphatic rings. The van der Waals surface area contributed by atoms with Gasteiger partial charge in [0, 0.05) is 18.3 Å². The van der Waals surface area contributed by atoms with Crippen LogP contribution in [0.15, 0.2) is 35.5 Å². The van der Waals surface area contributed by atoms with Crippen LogP contribution in [0.1, 0.15) is 79.1 Å². The van der Waals surface area contributed by atoms with Crippen molar-refractivity contribution in [1.82, 2.24) is 0 Å². The molecule has 196 valence electrons. The van der Waals surface area contributed by atoms with Crippen LogP contribution in [0, 0.1) is 23.2 Å². The molecular formula is C27H41O7P. The molecule has 3 N–H and O–H groups in total. The molecule has 8 heteroatoms. The van der Waals surface area contributed by atoms with Crippen molar-refractivity contribution in [3.63, 3.8) is 0 Å². The summed E-state index contributed by atoms with van der Waals surface area (Å²) in [5.41, 5.74) is 1.92. The predicted octanol–water partition coefficient (Wildman–Crippen LogP) is 5.17. The number of rotatable bonds is 6. The molecule has 0 aromatic carbocycles. The van der Waals surface area contributed by atoms with E-state index in [9.17, 15) is 19.9 Å². The second-order valence-electron chi connectivity index (χ2n) is 12.4. The molecule has 1 unspecified atom stereocenters. The normalized spacial score (nSPS) is 48.1. The maximum Gasteiger partial charge on any atom is 0.480 e. The van der Waals surface area contributed by atoms with Crippen molar-refractivity contribution >= 4 is 7.82 Å². The molecule has 35 heavy (non-hydrogen) atoms. The van der Waals surface area contributed by atoms with Crippen molar-refractivity contribution in [1.29, 1.82) is 0 Å². The van der Waals surface area contributed by atoms with Crippen molar-refractivity contribution in [2.24, 2.45) is 23.2 Å².